The number of ether oxygens (including phenoxy) is 4. The Hall–Kier alpha value is -3.90. The number of benzene rings is 1. The standard InChI is InChI=1S/C29H37N5O7/c1-4-5-11-37-22-8-6-7-20(25(22)28-38-12-13-39-28)27-30-16-23(41-27)26(35)32-24-15-21(33-34-24)18-9-10-19(14-18)40-29(36)31-17(2)3/h6-8,15-19,28H,4-5,9-14H2,1-3H3,(H,31,36)(H2,32,33,34,35)/t18-,19+/m0/s1. The van der Waals surface area contributed by atoms with Gasteiger partial charge in [-0.15, -0.1) is 0 Å². The van der Waals surface area contributed by atoms with Crippen LogP contribution in [0.3, 0.4) is 0 Å². The molecule has 3 N–H and O–H groups in total. The van der Waals surface area contributed by atoms with Gasteiger partial charge >= 0.3 is 6.09 Å². The average molecular weight is 568 g/mol. The van der Waals surface area contributed by atoms with Crippen LogP contribution in [-0.4, -0.2) is 59.1 Å². The van der Waals surface area contributed by atoms with Gasteiger partial charge in [0.2, 0.25) is 11.7 Å². The molecule has 220 valence electrons. The SMILES string of the molecule is CCCCOc1cccc(-c2ncc(C(=O)Nc3cc([C@H]4CC[C@@H](OC(=O)NC(C)C)C4)[nH]n3)o2)c1C1OCCO1. The van der Waals surface area contributed by atoms with Crippen molar-refractivity contribution in [2.24, 2.45) is 0 Å². The molecular formula is C29H37N5O7. The van der Waals surface area contributed by atoms with E-state index in [0.29, 0.717) is 48.9 Å². The van der Waals surface area contributed by atoms with Gasteiger partial charge < -0.3 is 34.0 Å². The lowest BCUT2D eigenvalue weighted by Crippen LogP contribution is -2.33. The van der Waals surface area contributed by atoms with Crippen LogP contribution in [-0.2, 0) is 14.2 Å². The monoisotopic (exact) mass is 567 g/mol. The van der Waals surface area contributed by atoms with Crippen LogP contribution in [0.1, 0.15) is 86.9 Å². The molecule has 5 rings (SSSR count). The summed E-state index contributed by atoms with van der Waals surface area (Å²) >= 11 is 0. The number of hydrogen-bond donors (Lipinski definition) is 3. The maximum Gasteiger partial charge on any atom is 0.407 e. The summed E-state index contributed by atoms with van der Waals surface area (Å²) < 4.78 is 29.0. The molecular weight excluding hydrogens is 530 g/mol. The quantitative estimate of drug-likeness (QED) is 0.262. The van der Waals surface area contributed by atoms with Gasteiger partial charge in [-0.1, -0.05) is 19.4 Å². The molecule has 2 aromatic heterocycles. The molecule has 12 heteroatoms. The molecule has 2 fully saturated rings. The highest BCUT2D eigenvalue weighted by Gasteiger charge is 2.31. The van der Waals surface area contributed by atoms with Gasteiger partial charge in [0, 0.05) is 29.3 Å². The second-order valence-corrected chi connectivity index (χ2v) is 10.5. The lowest BCUT2D eigenvalue weighted by Gasteiger charge is -2.18. The van der Waals surface area contributed by atoms with E-state index in [0.717, 1.165) is 31.4 Å². The van der Waals surface area contributed by atoms with Crippen molar-refractivity contribution in [3.8, 4) is 17.2 Å². The molecule has 1 aliphatic carbocycles. The summed E-state index contributed by atoms with van der Waals surface area (Å²) in [6.45, 7) is 7.38. The number of nitrogens with zero attached hydrogens (tertiary/aromatic N) is 2. The van der Waals surface area contributed by atoms with Crippen molar-refractivity contribution in [2.45, 2.75) is 77.2 Å². The molecule has 0 unspecified atom stereocenters. The lowest BCUT2D eigenvalue weighted by molar-refractivity contribution is -0.0454. The van der Waals surface area contributed by atoms with E-state index in [1.54, 1.807) is 6.07 Å². The number of oxazole rings is 1. The summed E-state index contributed by atoms with van der Waals surface area (Å²) in [6, 6.07) is 7.36. The second-order valence-electron chi connectivity index (χ2n) is 10.5. The van der Waals surface area contributed by atoms with Crippen LogP contribution in [0, 0.1) is 0 Å². The number of aromatic amines is 1. The highest BCUT2D eigenvalue weighted by atomic mass is 16.7. The van der Waals surface area contributed by atoms with Gasteiger partial charge in [0.1, 0.15) is 11.9 Å². The van der Waals surface area contributed by atoms with Crippen molar-refractivity contribution in [3.63, 3.8) is 0 Å². The lowest BCUT2D eigenvalue weighted by atomic mass is 10.0. The summed E-state index contributed by atoms with van der Waals surface area (Å²) in [7, 11) is 0. The topological polar surface area (TPSA) is 150 Å². The fourth-order valence-corrected chi connectivity index (χ4v) is 4.99. The van der Waals surface area contributed by atoms with Crippen molar-refractivity contribution >= 4 is 17.8 Å². The Morgan fingerprint density at radius 1 is 1.20 bits per heavy atom. The zero-order valence-corrected chi connectivity index (χ0v) is 23.6. The zero-order chi connectivity index (χ0) is 28.8. The maximum absolute atomic E-state index is 13.0. The van der Waals surface area contributed by atoms with Crippen LogP contribution in [0.25, 0.3) is 11.5 Å². The number of rotatable bonds is 11. The second kappa shape index (κ2) is 13.2. The minimum absolute atomic E-state index is 0.0195. The molecule has 2 aliphatic rings. The third-order valence-electron chi connectivity index (χ3n) is 6.98. The van der Waals surface area contributed by atoms with E-state index in [9.17, 15) is 9.59 Å². The third kappa shape index (κ3) is 7.06. The summed E-state index contributed by atoms with van der Waals surface area (Å²) in [4.78, 5) is 29.3. The minimum atomic E-state index is -0.611. The molecule has 3 aromatic rings. The van der Waals surface area contributed by atoms with Crippen molar-refractivity contribution in [1.29, 1.82) is 0 Å². The molecule has 0 bridgehead atoms. The van der Waals surface area contributed by atoms with E-state index in [4.69, 9.17) is 23.4 Å². The largest absolute Gasteiger partial charge is 0.493 e. The molecule has 1 aromatic carbocycles. The smallest absolute Gasteiger partial charge is 0.407 e. The Morgan fingerprint density at radius 3 is 2.80 bits per heavy atom. The molecule has 2 atom stereocenters. The van der Waals surface area contributed by atoms with Crippen LogP contribution in [0.15, 0.2) is 34.9 Å². The first-order chi connectivity index (χ1) is 19.9. The fraction of sp³-hybridized carbons (Fsp3) is 0.517. The Labute approximate surface area is 238 Å². The van der Waals surface area contributed by atoms with Crippen LogP contribution in [0.4, 0.5) is 10.6 Å². The number of alkyl carbamates (subject to hydrolysis) is 1. The maximum atomic E-state index is 13.0. The van der Waals surface area contributed by atoms with E-state index < -0.39 is 18.3 Å². The van der Waals surface area contributed by atoms with Gasteiger partial charge in [-0.05, 0) is 51.7 Å². The van der Waals surface area contributed by atoms with Gasteiger partial charge in [0.05, 0.1) is 31.6 Å². The predicted octanol–water partition coefficient (Wildman–Crippen LogP) is 5.31. The number of carbonyl (C=O) groups is 2. The van der Waals surface area contributed by atoms with Crippen molar-refractivity contribution in [1.82, 2.24) is 20.5 Å². The molecule has 1 aliphatic heterocycles. The summed E-state index contributed by atoms with van der Waals surface area (Å²) in [5, 5.41) is 12.7. The van der Waals surface area contributed by atoms with Gasteiger partial charge in [-0.2, -0.15) is 5.10 Å². The van der Waals surface area contributed by atoms with E-state index in [1.807, 2.05) is 32.0 Å². The Morgan fingerprint density at radius 2 is 2.02 bits per heavy atom. The van der Waals surface area contributed by atoms with E-state index >= 15 is 0 Å². The summed E-state index contributed by atoms with van der Waals surface area (Å²) in [5.41, 5.74) is 2.19. The number of unbranched alkanes of at least 4 members (excludes halogenated alkanes) is 1. The van der Waals surface area contributed by atoms with Crippen molar-refractivity contribution < 1.29 is 33.0 Å². The molecule has 12 nitrogen and oxygen atoms in total. The number of H-pyrrole nitrogens is 1. The van der Waals surface area contributed by atoms with Crippen molar-refractivity contribution in [2.75, 3.05) is 25.1 Å². The number of anilines is 1. The van der Waals surface area contributed by atoms with E-state index in [2.05, 4.69) is 32.7 Å². The molecule has 0 spiro atoms. The van der Waals surface area contributed by atoms with Gasteiger partial charge in [0.25, 0.3) is 5.91 Å². The van der Waals surface area contributed by atoms with Crippen LogP contribution < -0.4 is 15.4 Å². The zero-order valence-electron chi connectivity index (χ0n) is 23.6. The van der Waals surface area contributed by atoms with E-state index in [-0.39, 0.29) is 29.7 Å². The average Bonchev–Trinajstić information content (AvgIpc) is 3.76. The number of nitrogens with one attached hydrogen (secondary N) is 3. The summed E-state index contributed by atoms with van der Waals surface area (Å²) in [5.74, 6) is 0.955. The molecule has 2 amide bonds. The highest BCUT2D eigenvalue weighted by Crippen LogP contribution is 2.39. The van der Waals surface area contributed by atoms with E-state index in [1.165, 1.54) is 6.20 Å². The van der Waals surface area contributed by atoms with Crippen molar-refractivity contribution in [3.05, 3.63) is 47.5 Å². The van der Waals surface area contributed by atoms with Crippen LogP contribution in [0.5, 0.6) is 5.75 Å². The van der Waals surface area contributed by atoms with Gasteiger partial charge in [-0.3, -0.25) is 9.89 Å². The molecule has 41 heavy (non-hydrogen) atoms. The molecule has 1 saturated heterocycles. The minimum Gasteiger partial charge on any atom is -0.493 e. The molecule has 1 saturated carbocycles. The van der Waals surface area contributed by atoms with Crippen LogP contribution >= 0.6 is 0 Å². The first-order valence-corrected chi connectivity index (χ1v) is 14.2. The summed E-state index contributed by atoms with van der Waals surface area (Å²) in [6.07, 6.45) is 4.43. The number of hydrogen-bond acceptors (Lipinski definition) is 9. The van der Waals surface area contributed by atoms with Crippen LogP contribution in [0.2, 0.25) is 0 Å². The highest BCUT2D eigenvalue weighted by molar-refractivity contribution is 6.01. The Bertz CT molecular complexity index is 1330. The Kier molecular flexibility index (Phi) is 9.20. The fourth-order valence-electron chi connectivity index (χ4n) is 4.99. The number of aromatic nitrogens is 3. The van der Waals surface area contributed by atoms with Gasteiger partial charge in [0.15, 0.2) is 12.1 Å². The molecule has 0 radical (unpaired) electrons. The molecule has 3 heterocycles. The predicted molar refractivity (Wildman–Crippen MR) is 149 cm³/mol. The number of carbonyl (C=O) groups excluding carboxylic acids is 2. The number of amides is 2. The third-order valence-corrected chi connectivity index (χ3v) is 6.98. The normalized spacial score (nSPS) is 19.0. The first kappa shape index (κ1) is 28.6. The first-order valence-electron chi connectivity index (χ1n) is 14.2. The van der Waals surface area contributed by atoms with Gasteiger partial charge in [-0.25, -0.2) is 9.78 Å². The Balaban J connectivity index is 1.24.